The van der Waals surface area contributed by atoms with Gasteiger partial charge in [0.25, 0.3) is 0 Å². The minimum Gasteiger partial charge on any atom is -0.378 e. The van der Waals surface area contributed by atoms with Crippen LogP contribution < -0.4 is 11.1 Å². The largest absolute Gasteiger partial charge is 0.378 e. The van der Waals surface area contributed by atoms with Crippen LogP contribution in [0, 0.1) is 5.41 Å². The van der Waals surface area contributed by atoms with Gasteiger partial charge in [-0.05, 0) is 13.3 Å². The van der Waals surface area contributed by atoms with E-state index in [4.69, 9.17) is 10.5 Å². The summed E-state index contributed by atoms with van der Waals surface area (Å²) in [5.41, 5.74) is 5.03. The first-order chi connectivity index (χ1) is 10.8. The molecular formula is C16H28N4O2S. The second kappa shape index (κ2) is 7.23. The second-order valence-electron chi connectivity index (χ2n) is 6.75. The van der Waals surface area contributed by atoms with Crippen molar-refractivity contribution in [1.82, 2.24) is 10.2 Å². The number of aryl methyl sites for hydroxylation is 1. The van der Waals surface area contributed by atoms with Gasteiger partial charge in [-0.25, -0.2) is 0 Å². The summed E-state index contributed by atoms with van der Waals surface area (Å²) in [6, 6.07) is 0. The van der Waals surface area contributed by atoms with Gasteiger partial charge in [0, 0.05) is 24.9 Å². The Morgan fingerprint density at radius 2 is 2.13 bits per heavy atom. The fourth-order valence-corrected chi connectivity index (χ4v) is 3.74. The molecule has 1 saturated carbocycles. The van der Waals surface area contributed by atoms with Crippen LogP contribution in [-0.2, 0) is 16.0 Å². The van der Waals surface area contributed by atoms with Gasteiger partial charge in [0.15, 0.2) is 0 Å². The number of nitrogens with zero attached hydrogens (tertiary/aromatic N) is 2. The van der Waals surface area contributed by atoms with E-state index in [0.717, 1.165) is 17.8 Å². The molecule has 7 heteroatoms. The Bertz CT molecular complexity index is 546. The third-order valence-corrected chi connectivity index (χ3v) is 5.82. The number of hydrogen-bond donors (Lipinski definition) is 2. The molecule has 6 nitrogen and oxygen atoms in total. The van der Waals surface area contributed by atoms with E-state index >= 15 is 0 Å². The summed E-state index contributed by atoms with van der Waals surface area (Å²) in [5, 5.41) is 12.5. The fraction of sp³-hybridized carbons (Fsp3) is 0.812. The van der Waals surface area contributed by atoms with E-state index in [9.17, 15) is 4.79 Å². The summed E-state index contributed by atoms with van der Waals surface area (Å²) in [5.74, 6) is -0.199. The fourth-order valence-electron chi connectivity index (χ4n) is 2.96. The molecule has 2 rings (SSSR count). The van der Waals surface area contributed by atoms with Crippen molar-refractivity contribution in [3.05, 3.63) is 5.01 Å². The van der Waals surface area contributed by atoms with Crippen LogP contribution in [0.5, 0.6) is 0 Å². The lowest BCUT2D eigenvalue weighted by atomic mass is 9.54. The van der Waals surface area contributed by atoms with Crippen LogP contribution in [0.25, 0.3) is 0 Å². The number of nitrogens with one attached hydrogen (secondary N) is 1. The van der Waals surface area contributed by atoms with Crippen molar-refractivity contribution in [1.29, 1.82) is 0 Å². The Morgan fingerprint density at radius 1 is 1.39 bits per heavy atom. The molecule has 2 atom stereocenters. The van der Waals surface area contributed by atoms with E-state index in [1.165, 1.54) is 24.2 Å². The van der Waals surface area contributed by atoms with Crippen LogP contribution >= 0.6 is 11.3 Å². The summed E-state index contributed by atoms with van der Waals surface area (Å²) >= 11 is 1.43. The topological polar surface area (TPSA) is 90.1 Å². The lowest BCUT2D eigenvalue weighted by Crippen LogP contribution is -2.74. The molecule has 2 unspecified atom stereocenters. The standard InChI is InChI=1S/C16H28N4O2S/c1-5-7-8-9-12-19-20-14(23-12)18-13(21)16(17)10-11(22-6-2)15(16,3)4/h11H,5-10,17H2,1-4H3,(H,18,20,21). The molecule has 1 heterocycles. The van der Waals surface area contributed by atoms with Crippen LogP contribution in [-0.4, -0.2) is 34.4 Å². The highest BCUT2D eigenvalue weighted by atomic mass is 32.1. The zero-order valence-corrected chi connectivity index (χ0v) is 15.3. The molecule has 0 radical (unpaired) electrons. The van der Waals surface area contributed by atoms with Gasteiger partial charge in [0.2, 0.25) is 11.0 Å². The Hall–Kier alpha value is -1.05. The van der Waals surface area contributed by atoms with Gasteiger partial charge in [0.1, 0.15) is 10.5 Å². The maximum Gasteiger partial charge on any atom is 0.247 e. The summed E-state index contributed by atoms with van der Waals surface area (Å²) in [4.78, 5) is 12.6. The predicted octanol–water partition coefficient (Wildman–Crippen LogP) is 2.74. The summed E-state index contributed by atoms with van der Waals surface area (Å²) in [7, 11) is 0. The minimum absolute atomic E-state index is 0.0160. The molecule has 1 aromatic rings. The number of ether oxygens (including phenoxy) is 1. The molecule has 0 bridgehead atoms. The number of unbranched alkanes of at least 4 members (excludes halogenated alkanes) is 2. The molecule has 1 aliphatic carbocycles. The Labute approximate surface area is 142 Å². The van der Waals surface area contributed by atoms with Gasteiger partial charge in [-0.2, -0.15) is 0 Å². The molecule has 0 saturated heterocycles. The lowest BCUT2D eigenvalue weighted by Gasteiger charge is -2.57. The van der Waals surface area contributed by atoms with Crippen LogP contribution in [0.1, 0.15) is 58.4 Å². The van der Waals surface area contributed by atoms with Crippen molar-refractivity contribution in [2.45, 2.75) is 71.4 Å². The van der Waals surface area contributed by atoms with Gasteiger partial charge in [-0.15, -0.1) is 10.2 Å². The van der Waals surface area contributed by atoms with Crippen LogP contribution in [0.3, 0.4) is 0 Å². The highest BCUT2D eigenvalue weighted by molar-refractivity contribution is 7.15. The maximum atomic E-state index is 12.6. The first-order valence-corrected chi connectivity index (χ1v) is 9.21. The third kappa shape index (κ3) is 3.56. The number of carbonyl (C=O) groups excluding carboxylic acids is 1. The summed E-state index contributed by atoms with van der Waals surface area (Å²) in [6.07, 6.45) is 4.91. The highest BCUT2D eigenvalue weighted by Crippen LogP contribution is 2.50. The van der Waals surface area contributed by atoms with Crippen LogP contribution in [0.2, 0.25) is 0 Å². The number of carbonyl (C=O) groups is 1. The molecular weight excluding hydrogens is 312 g/mol. The maximum absolute atomic E-state index is 12.6. The molecule has 23 heavy (non-hydrogen) atoms. The van der Waals surface area contributed by atoms with Crippen molar-refractivity contribution in [2.24, 2.45) is 11.1 Å². The van der Waals surface area contributed by atoms with Gasteiger partial charge < -0.3 is 10.5 Å². The van der Waals surface area contributed by atoms with Crippen LogP contribution in [0.4, 0.5) is 5.13 Å². The predicted molar refractivity (Wildman–Crippen MR) is 92.5 cm³/mol. The van der Waals surface area contributed by atoms with Crippen molar-refractivity contribution in [2.75, 3.05) is 11.9 Å². The number of anilines is 1. The number of amides is 1. The molecule has 0 aliphatic heterocycles. The van der Waals surface area contributed by atoms with Gasteiger partial charge in [-0.3, -0.25) is 10.1 Å². The molecule has 1 fully saturated rings. The molecule has 130 valence electrons. The SMILES string of the molecule is CCCCCc1nnc(NC(=O)C2(N)CC(OCC)C2(C)C)s1. The Kier molecular flexibility index (Phi) is 5.75. The quantitative estimate of drug-likeness (QED) is 0.710. The molecule has 0 spiro atoms. The zero-order chi connectivity index (χ0) is 17.1. The van der Waals surface area contributed by atoms with Gasteiger partial charge >= 0.3 is 0 Å². The average molecular weight is 340 g/mol. The molecule has 1 aromatic heterocycles. The van der Waals surface area contributed by atoms with Crippen LogP contribution in [0.15, 0.2) is 0 Å². The Balaban J connectivity index is 1.94. The monoisotopic (exact) mass is 340 g/mol. The van der Waals surface area contributed by atoms with E-state index < -0.39 is 11.0 Å². The van der Waals surface area contributed by atoms with E-state index in [1.54, 1.807) is 0 Å². The molecule has 0 aromatic carbocycles. The number of rotatable bonds is 8. The zero-order valence-electron chi connectivity index (χ0n) is 14.5. The first kappa shape index (κ1) is 18.3. The number of hydrogen-bond acceptors (Lipinski definition) is 6. The smallest absolute Gasteiger partial charge is 0.247 e. The van der Waals surface area contributed by atoms with E-state index in [2.05, 4.69) is 22.4 Å². The van der Waals surface area contributed by atoms with Gasteiger partial charge in [-0.1, -0.05) is 44.9 Å². The summed E-state index contributed by atoms with van der Waals surface area (Å²) < 4.78 is 5.66. The number of aromatic nitrogens is 2. The molecule has 3 N–H and O–H groups in total. The van der Waals surface area contributed by atoms with E-state index in [1.807, 2.05) is 20.8 Å². The van der Waals surface area contributed by atoms with Crippen molar-refractivity contribution >= 4 is 22.4 Å². The summed E-state index contributed by atoms with van der Waals surface area (Å²) in [6.45, 7) is 8.71. The molecule has 1 aliphatic rings. The Morgan fingerprint density at radius 3 is 2.74 bits per heavy atom. The molecule has 1 amide bonds. The van der Waals surface area contributed by atoms with Gasteiger partial charge in [0.05, 0.1) is 6.10 Å². The van der Waals surface area contributed by atoms with E-state index in [-0.39, 0.29) is 12.0 Å². The normalized spacial score (nSPS) is 25.9. The highest BCUT2D eigenvalue weighted by Gasteiger charge is 2.63. The van der Waals surface area contributed by atoms with Crippen molar-refractivity contribution < 1.29 is 9.53 Å². The lowest BCUT2D eigenvalue weighted by molar-refractivity contribution is -0.166. The van der Waals surface area contributed by atoms with Crippen molar-refractivity contribution in [3.8, 4) is 0 Å². The van der Waals surface area contributed by atoms with Crippen molar-refractivity contribution in [3.63, 3.8) is 0 Å². The first-order valence-electron chi connectivity index (χ1n) is 8.39. The number of nitrogens with two attached hydrogens (primary N) is 1. The third-order valence-electron chi connectivity index (χ3n) is 4.92. The minimum atomic E-state index is -0.930. The van der Waals surface area contributed by atoms with E-state index in [0.29, 0.717) is 18.2 Å². The average Bonchev–Trinajstić information content (AvgIpc) is 2.94. The second-order valence-corrected chi connectivity index (χ2v) is 7.82.